The molecule has 4 rings (SSSR count). The Morgan fingerprint density at radius 1 is 0.848 bits per heavy atom. The second-order valence-electron chi connectivity index (χ2n) is 7.10. The van der Waals surface area contributed by atoms with Gasteiger partial charge in [0.25, 0.3) is 11.8 Å². The molecule has 33 heavy (non-hydrogen) atoms. The Kier molecular flexibility index (Phi) is 6.70. The SMILES string of the molecule is COc1cc(NC(=O)c2ccc(OCc3ccccc3)cc2)ccc1NC(=O)c1ccco1. The molecule has 0 saturated carbocycles. The van der Waals surface area contributed by atoms with Gasteiger partial charge in [0, 0.05) is 17.3 Å². The highest BCUT2D eigenvalue weighted by Gasteiger charge is 2.14. The Bertz CT molecular complexity index is 1220. The summed E-state index contributed by atoms with van der Waals surface area (Å²) in [5, 5.41) is 5.55. The van der Waals surface area contributed by atoms with Crippen molar-refractivity contribution in [1.82, 2.24) is 0 Å². The highest BCUT2D eigenvalue weighted by atomic mass is 16.5. The van der Waals surface area contributed by atoms with Crippen LogP contribution in [0.15, 0.2) is 95.6 Å². The van der Waals surface area contributed by atoms with Gasteiger partial charge in [0.1, 0.15) is 18.1 Å². The normalized spacial score (nSPS) is 10.3. The van der Waals surface area contributed by atoms with Gasteiger partial charge < -0.3 is 24.5 Å². The molecule has 1 heterocycles. The Labute approximate surface area is 191 Å². The van der Waals surface area contributed by atoms with E-state index in [0.717, 1.165) is 5.56 Å². The van der Waals surface area contributed by atoms with Gasteiger partial charge in [0.05, 0.1) is 19.1 Å². The van der Waals surface area contributed by atoms with E-state index in [9.17, 15) is 9.59 Å². The second kappa shape index (κ2) is 10.2. The number of amides is 2. The van der Waals surface area contributed by atoms with Crippen molar-refractivity contribution in [3.8, 4) is 11.5 Å². The van der Waals surface area contributed by atoms with Gasteiger partial charge in [-0.15, -0.1) is 0 Å². The van der Waals surface area contributed by atoms with Gasteiger partial charge in [-0.2, -0.15) is 0 Å². The third kappa shape index (κ3) is 5.59. The van der Waals surface area contributed by atoms with Gasteiger partial charge in [-0.3, -0.25) is 9.59 Å². The maximum absolute atomic E-state index is 12.6. The van der Waals surface area contributed by atoms with E-state index in [1.807, 2.05) is 30.3 Å². The summed E-state index contributed by atoms with van der Waals surface area (Å²) in [6.07, 6.45) is 1.42. The zero-order chi connectivity index (χ0) is 23.0. The third-order valence-corrected chi connectivity index (χ3v) is 4.82. The molecule has 4 aromatic rings. The first kappa shape index (κ1) is 21.7. The number of ether oxygens (including phenoxy) is 2. The van der Waals surface area contributed by atoms with Crippen molar-refractivity contribution in [3.63, 3.8) is 0 Å². The van der Waals surface area contributed by atoms with Crippen LogP contribution >= 0.6 is 0 Å². The summed E-state index contributed by atoms with van der Waals surface area (Å²) in [5.74, 6) is 0.584. The third-order valence-electron chi connectivity index (χ3n) is 4.82. The molecule has 166 valence electrons. The molecule has 0 radical (unpaired) electrons. The molecule has 0 bridgehead atoms. The molecule has 0 saturated heterocycles. The Morgan fingerprint density at radius 2 is 1.64 bits per heavy atom. The largest absolute Gasteiger partial charge is 0.494 e. The first-order valence-electron chi connectivity index (χ1n) is 10.2. The number of benzene rings is 3. The zero-order valence-corrected chi connectivity index (χ0v) is 17.9. The first-order valence-corrected chi connectivity index (χ1v) is 10.2. The van der Waals surface area contributed by atoms with Crippen molar-refractivity contribution in [1.29, 1.82) is 0 Å². The number of hydrogen-bond acceptors (Lipinski definition) is 5. The summed E-state index contributed by atoms with van der Waals surface area (Å²) in [6.45, 7) is 0.453. The lowest BCUT2D eigenvalue weighted by atomic mass is 10.2. The van der Waals surface area contributed by atoms with E-state index in [1.165, 1.54) is 13.4 Å². The number of carbonyl (C=O) groups is 2. The average molecular weight is 442 g/mol. The van der Waals surface area contributed by atoms with Crippen LogP contribution in [-0.4, -0.2) is 18.9 Å². The molecule has 0 fully saturated rings. The molecular formula is C26H22N2O5. The summed E-state index contributed by atoms with van der Waals surface area (Å²) >= 11 is 0. The van der Waals surface area contributed by atoms with Crippen LogP contribution in [0.3, 0.4) is 0 Å². The van der Waals surface area contributed by atoms with Gasteiger partial charge in [-0.05, 0) is 54.1 Å². The fourth-order valence-electron chi connectivity index (χ4n) is 3.11. The minimum absolute atomic E-state index is 0.186. The number of methoxy groups -OCH3 is 1. The lowest BCUT2D eigenvalue weighted by molar-refractivity contribution is 0.0994. The highest BCUT2D eigenvalue weighted by molar-refractivity contribution is 6.05. The zero-order valence-electron chi connectivity index (χ0n) is 17.9. The van der Waals surface area contributed by atoms with Crippen molar-refractivity contribution in [2.45, 2.75) is 6.61 Å². The van der Waals surface area contributed by atoms with Gasteiger partial charge >= 0.3 is 0 Å². The molecule has 0 aliphatic heterocycles. The lowest BCUT2D eigenvalue weighted by Gasteiger charge is -2.12. The summed E-state index contributed by atoms with van der Waals surface area (Å²) in [4.78, 5) is 24.9. The molecule has 7 nitrogen and oxygen atoms in total. The summed E-state index contributed by atoms with van der Waals surface area (Å²) in [7, 11) is 1.48. The lowest BCUT2D eigenvalue weighted by Crippen LogP contribution is -2.13. The number of anilines is 2. The molecule has 0 spiro atoms. The van der Waals surface area contributed by atoms with Crippen LogP contribution in [0.4, 0.5) is 11.4 Å². The van der Waals surface area contributed by atoms with E-state index < -0.39 is 5.91 Å². The fourth-order valence-corrected chi connectivity index (χ4v) is 3.11. The van der Waals surface area contributed by atoms with Gasteiger partial charge in [0.15, 0.2) is 5.76 Å². The minimum atomic E-state index is -0.398. The van der Waals surface area contributed by atoms with E-state index in [-0.39, 0.29) is 11.7 Å². The minimum Gasteiger partial charge on any atom is -0.494 e. The molecule has 0 aliphatic rings. The topological polar surface area (TPSA) is 89.8 Å². The molecule has 0 atom stereocenters. The summed E-state index contributed by atoms with van der Waals surface area (Å²) in [5.41, 5.74) is 2.53. The van der Waals surface area contributed by atoms with Crippen molar-refractivity contribution >= 4 is 23.2 Å². The van der Waals surface area contributed by atoms with Crippen LogP contribution in [-0.2, 0) is 6.61 Å². The quantitative estimate of drug-likeness (QED) is 0.383. The predicted molar refractivity (Wildman–Crippen MR) is 125 cm³/mol. The number of hydrogen-bond donors (Lipinski definition) is 2. The number of nitrogens with one attached hydrogen (secondary N) is 2. The van der Waals surface area contributed by atoms with Crippen molar-refractivity contribution in [2.24, 2.45) is 0 Å². The first-order chi connectivity index (χ1) is 16.1. The number of furan rings is 1. The Balaban J connectivity index is 1.37. The maximum atomic E-state index is 12.6. The second-order valence-corrected chi connectivity index (χ2v) is 7.10. The molecule has 2 amide bonds. The smallest absolute Gasteiger partial charge is 0.291 e. The van der Waals surface area contributed by atoms with E-state index in [2.05, 4.69) is 10.6 Å². The van der Waals surface area contributed by atoms with Crippen LogP contribution in [0.5, 0.6) is 11.5 Å². The van der Waals surface area contributed by atoms with E-state index in [1.54, 1.807) is 54.6 Å². The van der Waals surface area contributed by atoms with Crippen LogP contribution in [0.2, 0.25) is 0 Å². The molecule has 7 heteroatoms. The van der Waals surface area contributed by atoms with Crippen LogP contribution in [0, 0.1) is 0 Å². The van der Waals surface area contributed by atoms with Gasteiger partial charge in [0.2, 0.25) is 0 Å². The fraction of sp³-hybridized carbons (Fsp3) is 0.0769. The summed E-state index contributed by atoms with van der Waals surface area (Å²) < 4.78 is 16.2. The van der Waals surface area contributed by atoms with Crippen LogP contribution in [0.25, 0.3) is 0 Å². The number of rotatable bonds is 8. The monoisotopic (exact) mass is 442 g/mol. The molecule has 0 unspecified atom stereocenters. The van der Waals surface area contributed by atoms with Gasteiger partial charge in [-0.25, -0.2) is 0 Å². The molecular weight excluding hydrogens is 420 g/mol. The molecule has 3 aromatic carbocycles. The van der Waals surface area contributed by atoms with E-state index >= 15 is 0 Å². The van der Waals surface area contributed by atoms with Crippen LogP contribution in [0.1, 0.15) is 26.5 Å². The summed E-state index contributed by atoms with van der Waals surface area (Å²) in [6, 6.07) is 24.9. The van der Waals surface area contributed by atoms with E-state index in [4.69, 9.17) is 13.9 Å². The van der Waals surface area contributed by atoms with Crippen molar-refractivity contribution < 1.29 is 23.5 Å². The van der Waals surface area contributed by atoms with Crippen LogP contribution < -0.4 is 20.1 Å². The van der Waals surface area contributed by atoms with Gasteiger partial charge in [-0.1, -0.05) is 30.3 Å². The Hall–Kier alpha value is -4.52. The molecule has 2 N–H and O–H groups in total. The van der Waals surface area contributed by atoms with Crippen molar-refractivity contribution in [3.05, 3.63) is 108 Å². The van der Waals surface area contributed by atoms with Crippen molar-refractivity contribution in [2.75, 3.05) is 17.7 Å². The standard InChI is InChI=1S/C26H22N2O5/c1-31-24-16-20(11-14-22(24)28-26(30)23-8-5-15-32-23)27-25(29)19-9-12-21(13-10-19)33-17-18-6-3-2-4-7-18/h2-16H,17H2,1H3,(H,27,29)(H,28,30). The maximum Gasteiger partial charge on any atom is 0.291 e. The number of carbonyl (C=O) groups excluding carboxylic acids is 2. The highest BCUT2D eigenvalue weighted by Crippen LogP contribution is 2.29. The Morgan fingerprint density at radius 3 is 2.33 bits per heavy atom. The van der Waals surface area contributed by atoms with E-state index in [0.29, 0.717) is 35.0 Å². The average Bonchev–Trinajstić information content (AvgIpc) is 3.40. The molecule has 1 aromatic heterocycles. The predicted octanol–water partition coefficient (Wildman–Crippen LogP) is 5.37. The molecule has 0 aliphatic carbocycles.